The van der Waals surface area contributed by atoms with Crippen LogP contribution in [0.4, 0.5) is 34.1 Å². The van der Waals surface area contributed by atoms with Gasteiger partial charge in [0, 0.05) is 45.0 Å². The van der Waals surface area contributed by atoms with E-state index >= 15 is 0 Å². The molecule has 0 aliphatic heterocycles. The van der Waals surface area contributed by atoms with Crippen molar-refractivity contribution >= 4 is 98.8 Å². The highest BCUT2D eigenvalue weighted by Gasteiger charge is 2.39. The summed E-state index contributed by atoms with van der Waals surface area (Å²) in [6.07, 6.45) is 0. The Morgan fingerprint density at radius 1 is 0.256 bits per heavy atom. The Morgan fingerprint density at radius 2 is 0.622 bits per heavy atom. The Balaban J connectivity index is 0.953. The van der Waals surface area contributed by atoms with E-state index in [0.29, 0.717) is 0 Å². The van der Waals surface area contributed by atoms with Gasteiger partial charge in [-0.15, -0.1) is 0 Å². The van der Waals surface area contributed by atoms with Crippen LogP contribution in [-0.2, 0) is 16.2 Å². The molecule has 0 N–H and O–H groups in total. The maximum Gasteiger partial charge on any atom is 0.0468 e. The molecule has 2 nitrogen and oxygen atoms in total. The third-order valence-corrected chi connectivity index (χ3v) is 20.3. The molecule has 0 fully saturated rings. The summed E-state index contributed by atoms with van der Waals surface area (Å²) < 4.78 is 0. The fourth-order valence-corrected chi connectivity index (χ4v) is 15.9. The van der Waals surface area contributed by atoms with Crippen LogP contribution < -0.4 is 9.80 Å². The third kappa shape index (κ3) is 8.24. The van der Waals surface area contributed by atoms with E-state index in [1.165, 1.54) is 137 Å². The van der Waals surface area contributed by atoms with Crippen LogP contribution in [0.1, 0.15) is 76.3 Å². The Bertz CT molecular complexity index is 5450. The lowest BCUT2D eigenvalue weighted by Gasteiger charge is -2.30. The second-order valence-corrected chi connectivity index (χ2v) is 27.2. The van der Waals surface area contributed by atoms with Gasteiger partial charge in [0.25, 0.3) is 0 Å². The smallest absolute Gasteiger partial charge is 0.0468 e. The van der Waals surface area contributed by atoms with Crippen LogP contribution in [0.3, 0.4) is 0 Å². The van der Waals surface area contributed by atoms with E-state index in [1.807, 2.05) is 0 Å². The number of para-hydroxylation sites is 2. The largest absolute Gasteiger partial charge is 0.310 e. The van der Waals surface area contributed by atoms with E-state index < -0.39 is 0 Å². The Hall–Kier alpha value is -10.5. The van der Waals surface area contributed by atoms with Gasteiger partial charge in [0.15, 0.2) is 0 Å². The van der Waals surface area contributed by atoms with Gasteiger partial charge in [-0.25, -0.2) is 0 Å². The number of rotatable bonds is 8. The van der Waals surface area contributed by atoms with Crippen LogP contribution in [0.5, 0.6) is 0 Å². The topological polar surface area (TPSA) is 6.48 Å². The van der Waals surface area contributed by atoms with Crippen LogP contribution in [0.15, 0.2) is 285 Å². The molecular weight excluding hydrogens is 1080 g/mol. The second-order valence-electron chi connectivity index (χ2n) is 27.2. The lowest BCUT2D eigenvalue weighted by molar-refractivity contribution is 0.590. The molecule has 2 heteroatoms. The molecule has 0 saturated carbocycles. The van der Waals surface area contributed by atoms with Crippen LogP contribution in [0.2, 0.25) is 0 Å². The Labute approximate surface area is 527 Å². The average molecular weight is 1150 g/mol. The summed E-state index contributed by atoms with van der Waals surface area (Å²) in [6, 6.07) is 108. The molecule has 0 amide bonds. The van der Waals surface area contributed by atoms with E-state index in [1.54, 1.807) is 0 Å². The first-order valence-electron chi connectivity index (χ1n) is 31.9. The minimum atomic E-state index is -0.265. The monoisotopic (exact) mass is 1150 g/mol. The first-order chi connectivity index (χ1) is 43.8. The molecule has 2 aliphatic rings. The van der Waals surface area contributed by atoms with E-state index in [9.17, 15) is 0 Å². The lowest BCUT2D eigenvalue weighted by Crippen LogP contribution is -2.17. The van der Waals surface area contributed by atoms with Gasteiger partial charge in [-0.1, -0.05) is 249 Å². The molecule has 0 radical (unpaired) electrons. The van der Waals surface area contributed by atoms with Crippen molar-refractivity contribution in [3.8, 4) is 44.5 Å². The molecule has 0 aromatic heterocycles. The molecule has 430 valence electrons. The maximum atomic E-state index is 2.55. The fourth-order valence-electron chi connectivity index (χ4n) is 15.9. The van der Waals surface area contributed by atoms with Gasteiger partial charge in [0.2, 0.25) is 0 Å². The molecule has 0 spiro atoms. The maximum absolute atomic E-state index is 2.55. The highest BCUT2D eigenvalue weighted by atomic mass is 15.1. The van der Waals surface area contributed by atoms with Gasteiger partial charge in [0.1, 0.15) is 0 Å². The summed E-state index contributed by atoms with van der Waals surface area (Å²) in [7, 11) is 0. The van der Waals surface area contributed by atoms with Gasteiger partial charge in [-0.2, -0.15) is 0 Å². The molecule has 17 rings (SSSR count). The van der Waals surface area contributed by atoms with Crippen molar-refractivity contribution in [2.75, 3.05) is 9.80 Å². The Kier molecular flexibility index (Phi) is 11.9. The lowest BCUT2D eigenvalue weighted by atomic mass is 9.79. The van der Waals surface area contributed by atoms with Crippen molar-refractivity contribution in [3.05, 3.63) is 313 Å². The summed E-state index contributed by atoms with van der Waals surface area (Å²) in [6.45, 7) is 16.6. The zero-order chi connectivity index (χ0) is 60.8. The first-order valence-corrected chi connectivity index (χ1v) is 31.9. The zero-order valence-electron chi connectivity index (χ0n) is 52.0. The van der Waals surface area contributed by atoms with Crippen molar-refractivity contribution < 1.29 is 0 Å². The molecule has 90 heavy (non-hydrogen) atoms. The first kappa shape index (κ1) is 53.7. The minimum absolute atomic E-state index is 0.0124. The molecule has 0 bridgehead atoms. The number of hydrogen-bond acceptors (Lipinski definition) is 2. The normalized spacial score (nSPS) is 13.7. The number of fused-ring (bicyclic) bond motifs is 15. The second kappa shape index (κ2) is 20.0. The van der Waals surface area contributed by atoms with Gasteiger partial charge >= 0.3 is 0 Å². The average Bonchev–Trinajstić information content (AvgIpc) is 1.11. The minimum Gasteiger partial charge on any atom is -0.310 e. The number of anilines is 6. The van der Waals surface area contributed by atoms with Gasteiger partial charge in [-0.3, -0.25) is 0 Å². The summed E-state index contributed by atoms with van der Waals surface area (Å²) in [5.74, 6) is 0. The quantitative estimate of drug-likeness (QED) is 0.111. The molecular formula is C88H68N2. The molecule has 15 aromatic carbocycles. The van der Waals surface area contributed by atoms with Gasteiger partial charge in [-0.05, 0) is 227 Å². The predicted octanol–water partition coefficient (Wildman–Crippen LogP) is 24.8. The molecule has 2 aliphatic carbocycles. The van der Waals surface area contributed by atoms with Gasteiger partial charge in [0.05, 0.1) is 0 Å². The van der Waals surface area contributed by atoms with E-state index in [-0.39, 0.29) is 16.2 Å². The summed E-state index contributed by atoms with van der Waals surface area (Å²) in [5, 5.41) is 14.9. The number of nitrogens with zero attached hydrogens (tertiary/aromatic N) is 2. The highest BCUT2D eigenvalue weighted by Crippen LogP contribution is 2.56. The third-order valence-electron chi connectivity index (χ3n) is 20.3. The van der Waals surface area contributed by atoms with Crippen LogP contribution in [-0.4, -0.2) is 0 Å². The van der Waals surface area contributed by atoms with Crippen molar-refractivity contribution in [2.45, 2.75) is 64.7 Å². The summed E-state index contributed by atoms with van der Waals surface area (Å²) in [5.41, 5.74) is 23.0. The van der Waals surface area contributed by atoms with Crippen molar-refractivity contribution in [3.63, 3.8) is 0 Å². The molecule has 0 heterocycles. The summed E-state index contributed by atoms with van der Waals surface area (Å²) in [4.78, 5) is 4.93. The SMILES string of the molecule is CC(C)(C)c1ccc(N(c2ccccc2)c2ccc3c(-c4ccc5c(ccc6ccccc65)c4)c4cc(N(c5ccccc5)c5ccc6c(c5)C(C)(C)c5c-6ccc6ccccc56)ccc4c(-c4ccc5c(c4)C(C)(C)c4c-5ccc5ccccc45)c3c2)cc1. The van der Waals surface area contributed by atoms with Gasteiger partial charge < -0.3 is 9.80 Å². The highest BCUT2D eigenvalue weighted by molar-refractivity contribution is 6.24. The van der Waals surface area contributed by atoms with Crippen LogP contribution in [0.25, 0.3) is 109 Å². The Morgan fingerprint density at radius 3 is 1.18 bits per heavy atom. The van der Waals surface area contributed by atoms with E-state index in [0.717, 1.165) is 34.1 Å². The van der Waals surface area contributed by atoms with Crippen molar-refractivity contribution in [2.24, 2.45) is 0 Å². The van der Waals surface area contributed by atoms with Crippen molar-refractivity contribution in [1.29, 1.82) is 0 Å². The standard InChI is InChI=1S/C88H68N2/c1-86(2,3)61-36-38-64(39-37-61)89(62-23-10-8-11-24-62)65-41-48-74-79(52-65)83(60-35-44-72-76-45-32-56-21-15-18-28-70(56)84(76)87(4,5)80(72)51-60)75-49-42-66(53-78(75)82(74)59-34-43-69-58(50-59)31-30-55-20-14-17-27-68(55)69)90(63-25-12-9-13-26-63)67-40-47-73-77-46-33-57-22-16-19-29-71(57)85(77)88(6,7)81(73)54-67/h8-54H,1-7H3. The number of benzene rings is 15. The van der Waals surface area contributed by atoms with Crippen LogP contribution >= 0.6 is 0 Å². The van der Waals surface area contributed by atoms with Crippen LogP contribution in [0, 0.1) is 0 Å². The number of hydrogen-bond donors (Lipinski definition) is 0. The zero-order valence-corrected chi connectivity index (χ0v) is 52.0. The molecule has 0 unspecified atom stereocenters. The summed E-state index contributed by atoms with van der Waals surface area (Å²) >= 11 is 0. The fraction of sp³-hybridized carbons (Fsp3) is 0.114. The molecule has 0 saturated heterocycles. The van der Waals surface area contributed by atoms with E-state index in [2.05, 4.69) is 343 Å². The molecule has 0 atom stereocenters. The predicted molar refractivity (Wildman–Crippen MR) is 386 cm³/mol. The van der Waals surface area contributed by atoms with E-state index in [4.69, 9.17) is 0 Å². The molecule has 15 aromatic rings. The van der Waals surface area contributed by atoms with Crippen molar-refractivity contribution in [1.82, 2.24) is 0 Å².